The molecule has 0 spiro atoms. The maximum atomic E-state index is 12.1. The normalized spacial score (nSPS) is 20.3. The van der Waals surface area contributed by atoms with E-state index in [4.69, 9.17) is 4.42 Å². The second-order valence-corrected chi connectivity index (χ2v) is 5.73. The number of hydrogen-bond acceptors (Lipinski definition) is 5. The van der Waals surface area contributed by atoms with E-state index in [0.717, 1.165) is 0 Å². The summed E-state index contributed by atoms with van der Waals surface area (Å²) < 4.78 is 5.12. The molecule has 6 nitrogen and oxygen atoms in total. The lowest BCUT2D eigenvalue weighted by Crippen LogP contribution is -2.30. The molecule has 1 fully saturated rings. The zero-order valence-electron chi connectivity index (χ0n) is 11.8. The van der Waals surface area contributed by atoms with Gasteiger partial charge in [-0.3, -0.25) is 9.59 Å². The zero-order chi connectivity index (χ0) is 15.4. The molecule has 0 radical (unpaired) electrons. The van der Waals surface area contributed by atoms with Gasteiger partial charge in [0.1, 0.15) is 22.4 Å². The Morgan fingerprint density at radius 1 is 1.62 bits per heavy atom. The highest BCUT2D eigenvalue weighted by Crippen LogP contribution is 2.36. The van der Waals surface area contributed by atoms with Gasteiger partial charge in [-0.1, -0.05) is 11.8 Å². The average Bonchev–Trinajstić information content (AvgIpc) is 3.07. The molecule has 0 bridgehead atoms. The monoisotopic (exact) mass is 305 g/mol. The van der Waals surface area contributed by atoms with Crippen molar-refractivity contribution in [3.05, 3.63) is 34.8 Å². The van der Waals surface area contributed by atoms with Gasteiger partial charge in [-0.25, -0.2) is 0 Å². The summed E-state index contributed by atoms with van der Waals surface area (Å²) in [4.78, 5) is 25.6. The van der Waals surface area contributed by atoms with Gasteiger partial charge >= 0.3 is 0 Å². The van der Waals surface area contributed by atoms with Crippen LogP contribution in [0.4, 0.5) is 0 Å². The quantitative estimate of drug-likeness (QED) is 0.674. The zero-order valence-corrected chi connectivity index (χ0v) is 12.6. The average molecular weight is 305 g/mol. The minimum absolute atomic E-state index is 0.0360. The first-order valence-electron chi connectivity index (χ1n) is 6.51. The van der Waals surface area contributed by atoms with E-state index in [1.54, 1.807) is 19.1 Å². The lowest BCUT2D eigenvalue weighted by atomic mass is 10.2. The Morgan fingerprint density at radius 3 is 2.95 bits per heavy atom. The molecule has 0 aromatic carbocycles. The Balaban J connectivity index is 2.18. The Bertz CT molecular complexity index is 616. The molecule has 1 aromatic rings. The molecular weight excluding hydrogens is 290 g/mol. The number of hydrogen-bond donors (Lipinski definition) is 1. The van der Waals surface area contributed by atoms with Crippen molar-refractivity contribution < 1.29 is 14.0 Å². The Labute approximate surface area is 126 Å². The van der Waals surface area contributed by atoms with Crippen LogP contribution in [-0.2, 0) is 16.1 Å². The molecule has 110 valence electrons. The standard InChI is InChI=1S/C14H15N3O3S/c1-3-17-13(19)9(2)21-14(17)11(7-15)12(18)16-8-10-5-4-6-20-10/h4-6,9H,3,8H2,1-2H3,(H,16,18)/b14-11+/t9-/m0/s1. The number of amides is 2. The number of carbonyl (C=O) groups is 2. The Hall–Kier alpha value is -2.20. The molecule has 0 unspecified atom stereocenters. The van der Waals surface area contributed by atoms with E-state index in [2.05, 4.69) is 5.32 Å². The number of thioether (sulfide) groups is 1. The van der Waals surface area contributed by atoms with E-state index in [0.29, 0.717) is 17.3 Å². The van der Waals surface area contributed by atoms with E-state index in [1.165, 1.54) is 22.9 Å². The van der Waals surface area contributed by atoms with Crippen molar-refractivity contribution in [1.82, 2.24) is 10.2 Å². The summed E-state index contributed by atoms with van der Waals surface area (Å²) in [5, 5.41) is 12.0. The van der Waals surface area contributed by atoms with Gasteiger partial charge in [-0.05, 0) is 26.0 Å². The van der Waals surface area contributed by atoms with Gasteiger partial charge in [-0.2, -0.15) is 5.26 Å². The van der Waals surface area contributed by atoms with Crippen LogP contribution < -0.4 is 5.32 Å². The van der Waals surface area contributed by atoms with E-state index < -0.39 is 5.91 Å². The van der Waals surface area contributed by atoms with Crippen molar-refractivity contribution >= 4 is 23.6 Å². The molecule has 1 aliphatic heterocycles. The van der Waals surface area contributed by atoms with Crippen LogP contribution >= 0.6 is 11.8 Å². The van der Waals surface area contributed by atoms with Crippen LogP contribution in [0.25, 0.3) is 0 Å². The lowest BCUT2D eigenvalue weighted by Gasteiger charge is -2.15. The SMILES string of the molecule is CCN1C(=O)[C@H](C)S/C1=C(\C#N)C(=O)NCc1ccco1. The van der Waals surface area contributed by atoms with Gasteiger partial charge in [-0.15, -0.1) is 0 Å². The van der Waals surface area contributed by atoms with Crippen molar-refractivity contribution in [2.24, 2.45) is 0 Å². The Morgan fingerprint density at radius 2 is 2.38 bits per heavy atom. The molecule has 0 saturated carbocycles. The molecule has 0 aliphatic carbocycles. The largest absolute Gasteiger partial charge is 0.467 e. The van der Waals surface area contributed by atoms with Gasteiger partial charge in [0, 0.05) is 6.54 Å². The molecule has 21 heavy (non-hydrogen) atoms. The summed E-state index contributed by atoms with van der Waals surface area (Å²) in [6.45, 7) is 4.21. The third-order valence-electron chi connectivity index (χ3n) is 3.02. The fourth-order valence-electron chi connectivity index (χ4n) is 1.96. The van der Waals surface area contributed by atoms with Crippen molar-refractivity contribution in [3.63, 3.8) is 0 Å². The number of carbonyl (C=O) groups excluding carboxylic acids is 2. The summed E-state index contributed by atoms with van der Waals surface area (Å²) >= 11 is 1.24. The minimum Gasteiger partial charge on any atom is -0.467 e. The second kappa shape index (κ2) is 6.50. The molecule has 1 atom stereocenters. The number of nitriles is 1. The van der Waals surface area contributed by atoms with Crippen molar-refractivity contribution in [3.8, 4) is 6.07 Å². The first-order chi connectivity index (χ1) is 10.1. The highest BCUT2D eigenvalue weighted by atomic mass is 32.2. The van der Waals surface area contributed by atoms with E-state index in [9.17, 15) is 14.9 Å². The second-order valence-electron chi connectivity index (χ2n) is 4.40. The maximum Gasteiger partial charge on any atom is 0.265 e. The molecule has 1 aliphatic rings. The first-order valence-corrected chi connectivity index (χ1v) is 7.39. The van der Waals surface area contributed by atoms with Gasteiger partial charge in [0.25, 0.3) is 5.91 Å². The molecule has 2 heterocycles. The lowest BCUT2D eigenvalue weighted by molar-refractivity contribution is -0.127. The van der Waals surface area contributed by atoms with Crippen LogP contribution in [0.15, 0.2) is 33.4 Å². The molecule has 2 amide bonds. The van der Waals surface area contributed by atoms with E-state index in [1.807, 2.05) is 13.0 Å². The highest BCUT2D eigenvalue weighted by molar-refractivity contribution is 8.04. The number of rotatable bonds is 4. The van der Waals surface area contributed by atoms with E-state index >= 15 is 0 Å². The molecule has 2 rings (SSSR count). The highest BCUT2D eigenvalue weighted by Gasteiger charge is 2.36. The summed E-state index contributed by atoms with van der Waals surface area (Å²) in [5.74, 6) is 0.0161. The summed E-state index contributed by atoms with van der Waals surface area (Å²) in [5.41, 5.74) is -0.0360. The molecular formula is C14H15N3O3S. The van der Waals surface area contributed by atoms with E-state index in [-0.39, 0.29) is 23.3 Å². The predicted molar refractivity (Wildman–Crippen MR) is 77.6 cm³/mol. The van der Waals surface area contributed by atoms with Crippen molar-refractivity contribution in [1.29, 1.82) is 5.26 Å². The summed E-state index contributed by atoms with van der Waals surface area (Å²) in [6, 6.07) is 5.35. The molecule has 1 aromatic heterocycles. The maximum absolute atomic E-state index is 12.1. The molecule has 1 N–H and O–H groups in total. The van der Waals surface area contributed by atoms with Gasteiger partial charge in [0.2, 0.25) is 5.91 Å². The topological polar surface area (TPSA) is 86.3 Å². The first kappa shape index (κ1) is 15.2. The van der Waals surface area contributed by atoms with Crippen LogP contribution in [0.3, 0.4) is 0 Å². The summed E-state index contributed by atoms with van der Waals surface area (Å²) in [7, 11) is 0. The number of furan rings is 1. The van der Waals surface area contributed by atoms with Gasteiger partial charge < -0.3 is 14.6 Å². The molecule has 7 heteroatoms. The summed E-state index contributed by atoms with van der Waals surface area (Å²) in [6.07, 6.45) is 1.51. The third kappa shape index (κ3) is 3.11. The van der Waals surface area contributed by atoms with Crippen LogP contribution in [-0.4, -0.2) is 28.5 Å². The number of nitrogens with one attached hydrogen (secondary N) is 1. The van der Waals surface area contributed by atoms with Crippen molar-refractivity contribution in [2.75, 3.05) is 6.54 Å². The van der Waals surface area contributed by atoms with Crippen LogP contribution in [0, 0.1) is 11.3 Å². The predicted octanol–water partition coefficient (Wildman–Crippen LogP) is 1.61. The smallest absolute Gasteiger partial charge is 0.265 e. The third-order valence-corrected chi connectivity index (χ3v) is 4.22. The fourth-order valence-corrected chi connectivity index (χ4v) is 3.12. The van der Waals surface area contributed by atoms with Crippen LogP contribution in [0.2, 0.25) is 0 Å². The van der Waals surface area contributed by atoms with Gasteiger partial charge in [0.15, 0.2) is 0 Å². The fraction of sp³-hybridized carbons (Fsp3) is 0.357. The minimum atomic E-state index is -0.503. The number of nitrogens with zero attached hydrogens (tertiary/aromatic N) is 2. The van der Waals surface area contributed by atoms with Crippen LogP contribution in [0.5, 0.6) is 0 Å². The van der Waals surface area contributed by atoms with Gasteiger partial charge in [0.05, 0.1) is 18.1 Å². The Kier molecular flexibility index (Phi) is 4.70. The van der Waals surface area contributed by atoms with Crippen LogP contribution in [0.1, 0.15) is 19.6 Å². The molecule has 1 saturated heterocycles. The van der Waals surface area contributed by atoms with Crippen molar-refractivity contribution in [2.45, 2.75) is 25.6 Å².